The van der Waals surface area contributed by atoms with Gasteiger partial charge in [0.25, 0.3) is 5.91 Å². The number of nitrogens with two attached hydrogens (primary N) is 1. The smallest absolute Gasteiger partial charge is 0.270 e. The van der Waals surface area contributed by atoms with Crippen LogP contribution in [0.4, 0.5) is 4.39 Å². The zero-order valence-corrected chi connectivity index (χ0v) is 19.9. The lowest BCUT2D eigenvalue weighted by atomic mass is 9.77. The summed E-state index contributed by atoms with van der Waals surface area (Å²) in [6.45, 7) is 3.39. The van der Waals surface area contributed by atoms with E-state index in [-0.39, 0.29) is 30.1 Å². The van der Waals surface area contributed by atoms with E-state index in [4.69, 9.17) is 20.2 Å². The Hall–Kier alpha value is -2.37. The van der Waals surface area contributed by atoms with Crippen molar-refractivity contribution in [3.8, 4) is 5.75 Å². The molecule has 0 saturated carbocycles. The second-order valence-corrected chi connectivity index (χ2v) is 10.6. The predicted octanol–water partition coefficient (Wildman–Crippen LogP) is 1.19. The van der Waals surface area contributed by atoms with E-state index in [0.29, 0.717) is 44.1 Å². The van der Waals surface area contributed by atoms with E-state index in [9.17, 15) is 9.00 Å². The van der Waals surface area contributed by atoms with Crippen LogP contribution >= 0.6 is 0 Å². The van der Waals surface area contributed by atoms with Crippen molar-refractivity contribution in [3.05, 3.63) is 35.9 Å². The SMILES string of the molecule is COc1ccc(C(=O)NC2CC=C(F)C([C@]3(C)COCC4(CN(S(C)=O)C4)C(N)=N3)C2)nc1. The van der Waals surface area contributed by atoms with Crippen LogP contribution in [-0.2, 0) is 15.7 Å². The summed E-state index contributed by atoms with van der Waals surface area (Å²) >= 11 is 0. The molecule has 0 aromatic carbocycles. The first-order valence-electron chi connectivity index (χ1n) is 10.8. The molecule has 1 aromatic heterocycles. The molecule has 33 heavy (non-hydrogen) atoms. The van der Waals surface area contributed by atoms with Crippen LogP contribution in [-0.4, -0.2) is 76.5 Å². The molecule has 3 unspecified atom stereocenters. The highest BCUT2D eigenvalue weighted by Gasteiger charge is 2.52. The number of amides is 1. The molecule has 180 valence electrons. The Morgan fingerprint density at radius 1 is 1.39 bits per heavy atom. The first-order chi connectivity index (χ1) is 15.7. The standard InChI is InChI=1S/C22H30FN5O4S/c1-21(12-32-13-22(20(24)27-21)10-28(11-22)33(3)30)16-8-14(4-6-17(16)23)26-19(29)18-7-5-15(31-2)9-25-18/h5-7,9,14,16H,4,8,10-13H2,1-3H3,(H2,24,27)(H,26,29)/t14?,16?,21-,33?/m0/s1. The number of hydrogen-bond donors (Lipinski definition) is 2. The van der Waals surface area contributed by atoms with Gasteiger partial charge < -0.3 is 20.5 Å². The number of rotatable bonds is 5. The first kappa shape index (κ1) is 23.8. The molecule has 1 saturated heterocycles. The molecule has 1 spiro atoms. The number of hydrogen-bond acceptors (Lipinski definition) is 7. The molecule has 1 aliphatic carbocycles. The minimum atomic E-state index is -1.08. The molecule has 3 N–H and O–H groups in total. The Morgan fingerprint density at radius 2 is 2.15 bits per heavy atom. The number of carbonyl (C=O) groups excluding carboxylic acids is 1. The number of aliphatic imine (C=N–C) groups is 1. The minimum absolute atomic E-state index is 0.206. The highest BCUT2D eigenvalue weighted by Crippen LogP contribution is 2.42. The minimum Gasteiger partial charge on any atom is -0.495 e. The lowest BCUT2D eigenvalue weighted by Crippen LogP contribution is -2.64. The van der Waals surface area contributed by atoms with Gasteiger partial charge in [-0.3, -0.25) is 9.79 Å². The Balaban J connectivity index is 1.48. The summed E-state index contributed by atoms with van der Waals surface area (Å²) in [6, 6.07) is 2.97. The summed E-state index contributed by atoms with van der Waals surface area (Å²) in [4.78, 5) is 21.5. The number of nitrogens with zero attached hydrogens (tertiary/aromatic N) is 3. The Bertz CT molecular complexity index is 995. The van der Waals surface area contributed by atoms with Crippen molar-refractivity contribution in [1.29, 1.82) is 0 Å². The van der Waals surface area contributed by atoms with Gasteiger partial charge >= 0.3 is 0 Å². The molecule has 4 atom stereocenters. The summed E-state index contributed by atoms with van der Waals surface area (Å²) in [7, 11) is 0.444. The second kappa shape index (κ2) is 9.11. The van der Waals surface area contributed by atoms with Crippen LogP contribution in [0.3, 0.4) is 0 Å². The van der Waals surface area contributed by atoms with E-state index >= 15 is 4.39 Å². The van der Waals surface area contributed by atoms with Crippen LogP contribution in [0.5, 0.6) is 5.75 Å². The van der Waals surface area contributed by atoms with Crippen molar-refractivity contribution in [2.75, 3.05) is 39.7 Å². The first-order valence-corrected chi connectivity index (χ1v) is 12.4. The normalized spacial score (nSPS) is 30.4. The molecule has 2 aliphatic heterocycles. The molecule has 1 aromatic rings. The maximum Gasteiger partial charge on any atom is 0.270 e. The number of amidine groups is 1. The molecule has 11 heteroatoms. The molecule has 0 bridgehead atoms. The average molecular weight is 480 g/mol. The van der Waals surface area contributed by atoms with Crippen LogP contribution < -0.4 is 15.8 Å². The molecule has 1 amide bonds. The van der Waals surface area contributed by atoms with Gasteiger partial charge in [-0.25, -0.2) is 17.9 Å². The van der Waals surface area contributed by atoms with E-state index in [1.165, 1.54) is 19.4 Å². The quantitative estimate of drug-likeness (QED) is 0.655. The fourth-order valence-electron chi connectivity index (χ4n) is 4.65. The van der Waals surface area contributed by atoms with Crippen LogP contribution in [0.15, 0.2) is 35.2 Å². The van der Waals surface area contributed by atoms with E-state index < -0.39 is 27.9 Å². The van der Waals surface area contributed by atoms with Crippen LogP contribution in [0.2, 0.25) is 0 Å². The number of methoxy groups -OCH3 is 1. The van der Waals surface area contributed by atoms with Gasteiger partial charge in [-0.05, 0) is 31.9 Å². The van der Waals surface area contributed by atoms with Gasteiger partial charge in [0.05, 0.1) is 48.5 Å². The number of halogens is 1. The van der Waals surface area contributed by atoms with Gasteiger partial charge in [-0.1, -0.05) is 6.08 Å². The lowest BCUT2D eigenvalue weighted by molar-refractivity contribution is 0.00229. The monoisotopic (exact) mass is 479 g/mol. The van der Waals surface area contributed by atoms with Gasteiger partial charge in [0.2, 0.25) is 0 Å². The number of nitrogens with one attached hydrogen (secondary N) is 1. The van der Waals surface area contributed by atoms with Crippen molar-refractivity contribution in [2.45, 2.75) is 31.3 Å². The fraction of sp³-hybridized carbons (Fsp3) is 0.591. The van der Waals surface area contributed by atoms with E-state index in [1.54, 1.807) is 22.7 Å². The van der Waals surface area contributed by atoms with Crippen molar-refractivity contribution >= 4 is 22.7 Å². The van der Waals surface area contributed by atoms with Crippen molar-refractivity contribution in [3.63, 3.8) is 0 Å². The van der Waals surface area contributed by atoms with E-state index in [2.05, 4.69) is 10.3 Å². The summed E-state index contributed by atoms with van der Waals surface area (Å²) in [5.41, 5.74) is 5.25. The molecule has 3 aliphatic rings. The zero-order valence-electron chi connectivity index (χ0n) is 19.0. The summed E-state index contributed by atoms with van der Waals surface area (Å²) in [6.07, 6.45) is 5.34. The van der Waals surface area contributed by atoms with Crippen LogP contribution in [0.1, 0.15) is 30.3 Å². The third kappa shape index (κ3) is 4.67. The largest absolute Gasteiger partial charge is 0.495 e. The number of pyridine rings is 1. The Labute approximate surface area is 195 Å². The van der Waals surface area contributed by atoms with E-state index in [0.717, 1.165) is 0 Å². The van der Waals surface area contributed by atoms with Crippen LogP contribution in [0, 0.1) is 11.3 Å². The number of carbonyl (C=O) groups is 1. The Morgan fingerprint density at radius 3 is 2.79 bits per heavy atom. The van der Waals surface area contributed by atoms with Crippen molar-refractivity contribution in [1.82, 2.24) is 14.6 Å². The second-order valence-electron chi connectivity index (χ2n) is 9.22. The van der Waals surface area contributed by atoms with Gasteiger partial charge in [-0.2, -0.15) is 0 Å². The molecule has 1 fully saturated rings. The third-order valence-electron chi connectivity index (χ3n) is 6.75. The van der Waals surface area contributed by atoms with E-state index in [1.807, 2.05) is 6.92 Å². The molecule has 4 rings (SSSR count). The molecular formula is C22H30FN5O4S. The Kier molecular flexibility index (Phi) is 6.56. The average Bonchev–Trinajstić information content (AvgIpc) is 2.89. The number of ether oxygens (including phenoxy) is 2. The summed E-state index contributed by atoms with van der Waals surface area (Å²) < 4.78 is 39.6. The third-order valence-corrected chi connectivity index (χ3v) is 7.74. The number of aromatic nitrogens is 1. The van der Waals surface area contributed by atoms with Gasteiger partial charge in [0.15, 0.2) is 0 Å². The molecular weight excluding hydrogens is 449 g/mol. The maximum absolute atomic E-state index is 15.0. The van der Waals surface area contributed by atoms with Gasteiger partial charge in [0, 0.05) is 31.3 Å². The predicted molar refractivity (Wildman–Crippen MR) is 123 cm³/mol. The highest BCUT2D eigenvalue weighted by atomic mass is 32.2. The topological polar surface area (TPSA) is 119 Å². The lowest BCUT2D eigenvalue weighted by Gasteiger charge is -2.47. The molecule has 0 radical (unpaired) electrons. The zero-order chi connectivity index (χ0) is 23.8. The van der Waals surface area contributed by atoms with Crippen molar-refractivity contribution in [2.24, 2.45) is 22.1 Å². The highest BCUT2D eigenvalue weighted by molar-refractivity contribution is 7.81. The van der Waals surface area contributed by atoms with Crippen LogP contribution in [0.25, 0.3) is 0 Å². The summed E-state index contributed by atoms with van der Waals surface area (Å²) in [5, 5.41) is 2.95. The molecule has 9 nitrogen and oxygen atoms in total. The summed E-state index contributed by atoms with van der Waals surface area (Å²) in [5.74, 6) is -0.227. The maximum atomic E-state index is 15.0. The molecule has 3 heterocycles. The fourth-order valence-corrected chi connectivity index (χ4v) is 5.51. The van der Waals surface area contributed by atoms with Gasteiger partial charge in [-0.15, -0.1) is 0 Å². The van der Waals surface area contributed by atoms with Gasteiger partial charge in [0.1, 0.15) is 23.1 Å². The van der Waals surface area contributed by atoms with Crippen molar-refractivity contribution < 1.29 is 22.9 Å².